The topological polar surface area (TPSA) is 94.1 Å². The van der Waals surface area contributed by atoms with Crippen LogP contribution in [0.1, 0.15) is 26.3 Å². The standard InChI is InChI=1S/C21H21I4NO6/c1-21(2,3)32-20(29)26-16(19(27)28)7-10-5-12(22)18(13(23)6-10)31-11-8-14(24)17(30-4)15(25)9-11/h5-6,8-9,16H,7H2,1-4H3,(H,26,29)(H,27,28)/t16-/m0/s1. The highest BCUT2D eigenvalue weighted by Crippen LogP contribution is 2.37. The third-order valence-corrected chi connectivity index (χ3v) is 7.09. The van der Waals surface area contributed by atoms with Crippen molar-refractivity contribution in [2.75, 3.05) is 7.11 Å². The zero-order valence-corrected chi connectivity index (χ0v) is 26.2. The predicted octanol–water partition coefficient (Wildman–Crippen LogP) is 6.43. The Morgan fingerprint density at radius 3 is 1.91 bits per heavy atom. The average Bonchev–Trinajstić information content (AvgIpc) is 2.62. The number of hydrogen-bond donors (Lipinski definition) is 2. The molecule has 1 atom stereocenters. The quantitative estimate of drug-likeness (QED) is 0.312. The number of carboxylic acids is 1. The second-order valence-corrected chi connectivity index (χ2v) is 12.3. The fourth-order valence-corrected chi connectivity index (χ4v) is 6.89. The summed E-state index contributed by atoms with van der Waals surface area (Å²) < 4.78 is 20.2. The summed E-state index contributed by atoms with van der Waals surface area (Å²) in [4.78, 5) is 23.7. The number of benzene rings is 2. The summed E-state index contributed by atoms with van der Waals surface area (Å²) in [5.74, 6) is 1.02. The molecule has 0 saturated heterocycles. The number of halogens is 4. The fraction of sp³-hybridized carbons (Fsp3) is 0.333. The van der Waals surface area contributed by atoms with Gasteiger partial charge in [0.05, 0.1) is 21.4 Å². The number of aliphatic carboxylic acids is 1. The average molecular weight is 891 g/mol. The van der Waals surface area contributed by atoms with Gasteiger partial charge in [-0.05, 0) is 141 Å². The van der Waals surface area contributed by atoms with Crippen LogP contribution in [0, 0.1) is 14.3 Å². The molecule has 11 heteroatoms. The van der Waals surface area contributed by atoms with Crippen LogP contribution in [0.4, 0.5) is 4.79 Å². The number of methoxy groups -OCH3 is 1. The first-order valence-corrected chi connectivity index (χ1v) is 13.5. The van der Waals surface area contributed by atoms with Crippen LogP contribution in [0.3, 0.4) is 0 Å². The SMILES string of the molecule is COc1c(I)cc(Oc2c(I)cc(C[C@H](NC(=O)OC(C)(C)C)C(=O)O)cc2I)cc1I. The molecule has 174 valence electrons. The van der Waals surface area contributed by atoms with Gasteiger partial charge in [0, 0.05) is 6.42 Å². The molecule has 0 unspecified atom stereocenters. The van der Waals surface area contributed by atoms with Crippen LogP contribution in [0.25, 0.3) is 0 Å². The molecule has 2 rings (SSSR count). The Balaban J connectivity index is 2.22. The van der Waals surface area contributed by atoms with E-state index >= 15 is 0 Å². The van der Waals surface area contributed by atoms with Gasteiger partial charge in [0.15, 0.2) is 5.75 Å². The Labute approximate surface area is 241 Å². The molecular weight excluding hydrogens is 870 g/mol. The lowest BCUT2D eigenvalue weighted by Crippen LogP contribution is -2.44. The lowest BCUT2D eigenvalue weighted by molar-refractivity contribution is -0.139. The zero-order chi connectivity index (χ0) is 24.2. The van der Waals surface area contributed by atoms with Gasteiger partial charge in [0.1, 0.15) is 23.1 Å². The van der Waals surface area contributed by atoms with E-state index in [9.17, 15) is 14.7 Å². The van der Waals surface area contributed by atoms with Gasteiger partial charge in [-0.1, -0.05) is 0 Å². The third kappa shape index (κ3) is 8.18. The van der Waals surface area contributed by atoms with Crippen molar-refractivity contribution in [2.45, 2.75) is 38.8 Å². The van der Waals surface area contributed by atoms with E-state index in [0.717, 1.165) is 25.6 Å². The van der Waals surface area contributed by atoms with E-state index in [0.29, 0.717) is 11.5 Å². The highest BCUT2D eigenvalue weighted by Gasteiger charge is 2.25. The molecule has 0 aromatic heterocycles. The first-order chi connectivity index (χ1) is 14.8. The molecule has 0 saturated carbocycles. The summed E-state index contributed by atoms with van der Waals surface area (Å²) in [5.41, 5.74) is 0.0436. The molecule has 0 aliphatic carbocycles. The summed E-state index contributed by atoms with van der Waals surface area (Å²) in [7, 11) is 1.63. The summed E-state index contributed by atoms with van der Waals surface area (Å²) in [6.07, 6.45) is -0.655. The van der Waals surface area contributed by atoms with Crippen LogP contribution in [0.5, 0.6) is 17.2 Å². The number of carbonyl (C=O) groups excluding carboxylic acids is 1. The van der Waals surface area contributed by atoms with Gasteiger partial charge in [-0.15, -0.1) is 0 Å². The normalized spacial score (nSPS) is 12.1. The lowest BCUT2D eigenvalue weighted by atomic mass is 10.1. The largest absolute Gasteiger partial charge is 0.495 e. The van der Waals surface area contributed by atoms with E-state index < -0.39 is 23.7 Å². The molecular formula is C21H21I4NO6. The van der Waals surface area contributed by atoms with Crippen LogP contribution < -0.4 is 14.8 Å². The number of ether oxygens (including phenoxy) is 3. The second kappa shape index (κ2) is 11.9. The number of hydrogen-bond acceptors (Lipinski definition) is 5. The third-order valence-electron chi connectivity index (χ3n) is 3.88. The van der Waals surface area contributed by atoms with Gasteiger partial charge in [0.2, 0.25) is 0 Å². The van der Waals surface area contributed by atoms with Crippen LogP contribution in [0.2, 0.25) is 0 Å². The van der Waals surface area contributed by atoms with Crippen molar-refractivity contribution in [3.63, 3.8) is 0 Å². The van der Waals surface area contributed by atoms with Gasteiger partial charge in [-0.2, -0.15) is 0 Å². The maximum absolute atomic E-state index is 12.0. The molecule has 0 aliphatic heterocycles. The number of rotatable bonds is 7. The van der Waals surface area contributed by atoms with Crippen molar-refractivity contribution < 1.29 is 28.9 Å². The van der Waals surface area contributed by atoms with E-state index in [1.807, 2.05) is 24.3 Å². The molecule has 2 N–H and O–H groups in total. The van der Waals surface area contributed by atoms with E-state index in [2.05, 4.69) is 95.7 Å². The predicted molar refractivity (Wildman–Crippen MR) is 155 cm³/mol. The summed E-state index contributed by atoms with van der Waals surface area (Å²) >= 11 is 8.72. The maximum Gasteiger partial charge on any atom is 0.408 e. The van der Waals surface area contributed by atoms with Crippen LogP contribution in [-0.4, -0.2) is 35.9 Å². The van der Waals surface area contributed by atoms with E-state index in [4.69, 9.17) is 14.2 Å². The molecule has 7 nitrogen and oxygen atoms in total. The molecule has 32 heavy (non-hydrogen) atoms. The van der Waals surface area contributed by atoms with Crippen molar-refractivity contribution in [3.05, 3.63) is 44.1 Å². The highest BCUT2D eigenvalue weighted by molar-refractivity contribution is 14.1. The van der Waals surface area contributed by atoms with E-state index in [-0.39, 0.29) is 6.42 Å². The first-order valence-electron chi connectivity index (χ1n) is 9.22. The highest BCUT2D eigenvalue weighted by atomic mass is 127. The number of nitrogens with one attached hydrogen (secondary N) is 1. The second-order valence-electron chi connectivity index (χ2n) is 7.65. The van der Waals surface area contributed by atoms with E-state index in [1.165, 1.54) is 0 Å². The molecule has 0 radical (unpaired) electrons. The van der Waals surface area contributed by atoms with Crippen LogP contribution in [-0.2, 0) is 16.0 Å². The van der Waals surface area contributed by atoms with Gasteiger partial charge in [0.25, 0.3) is 0 Å². The molecule has 0 aliphatic rings. The molecule has 1 amide bonds. The van der Waals surface area contributed by atoms with Gasteiger partial charge >= 0.3 is 12.1 Å². The van der Waals surface area contributed by atoms with Gasteiger partial charge in [-0.3, -0.25) is 0 Å². The number of amides is 1. The molecule has 0 bridgehead atoms. The first kappa shape index (κ1) is 27.9. The van der Waals surface area contributed by atoms with Crippen LogP contribution >= 0.6 is 90.4 Å². The smallest absolute Gasteiger partial charge is 0.408 e. The number of alkyl carbamates (subject to hydrolysis) is 1. The van der Waals surface area contributed by atoms with Crippen molar-refractivity contribution in [3.8, 4) is 17.2 Å². The molecule has 2 aromatic rings. The van der Waals surface area contributed by atoms with E-state index in [1.54, 1.807) is 27.9 Å². The molecule has 0 heterocycles. The van der Waals surface area contributed by atoms with Gasteiger partial charge < -0.3 is 24.6 Å². The molecule has 0 spiro atoms. The van der Waals surface area contributed by atoms with Crippen molar-refractivity contribution in [2.24, 2.45) is 0 Å². The molecule has 0 fully saturated rings. The Hall–Kier alpha value is -0.300. The molecule has 2 aromatic carbocycles. The Morgan fingerprint density at radius 2 is 1.47 bits per heavy atom. The zero-order valence-electron chi connectivity index (χ0n) is 17.6. The summed E-state index contributed by atoms with van der Waals surface area (Å²) in [5, 5.41) is 12.0. The van der Waals surface area contributed by atoms with Crippen molar-refractivity contribution >= 4 is 102 Å². The Kier molecular flexibility index (Phi) is 10.4. The minimum atomic E-state index is -1.14. The lowest BCUT2D eigenvalue weighted by Gasteiger charge is -2.22. The van der Waals surface area contributed by atoms with Crippen molar-refractivity contribution in [1.29, 1.82) is 0 Å². The monoisotopic (exact) mass is 891 g/mol. The number of carboxylic acid groups (broad SMARTS) is 1. The minimum absolute atomic E-state index is 0.110. The fourth-order valence-electron chi connectivity index (χ4n) is 2.62. The number of carbonyl (C=O) groups is 2. The van der Waals surface area contributed by atoms with Crippen LogP contribution in [0.15, 0.2) is 24.3 Å². The minimum Gasteiger partial charge on any atom is -0.495 e. The summed E-state index contributed by atoms with van der Waals surface area (Å²) in [6, 6.07) is 6.38. The maximum atomic E-state index is 12.0. The van der Waals surface area contributed by atoms with Gasteiger partial charge in [-0.25, -0.2) is 9.59 Å². The Morgan fingerprint density at radius 1 is 0.969 bits per heavy atom. The summed E-state index contributed by atoms with van der Waals surface area (Å²) in [6.45, 7) is 5.16. The Bertz CT molecular complexity index is 976. The van der Waals surface area contributed by atoms with Crippen molar-refractivity contribution in [1.82, 2.24) is 5.32 Å².